The fraction of sp³-hybridized carbons (Fsp3) is 0.250. The maximum absolute atomic E-state index is 14.5. The summed E-state index contributed by atoms with van der Waals surface area (Å²) in [7, 11) is 1.37. The lowest BCUT2D eigenvalue weighted by molar-refractivity contribution is -0.138. The second-order valence-electron chi connectivity index (χ2n) is 6.93. The summed E-state index contributed by atoms with van der Waals surface area (Å²) in [5.74, 6) is -0.526. The first-order valence-electron chi connectivity index (χ1n) is 8.93. The van der Waals surface area contributed by atoms with Gasteiger partial charge in [-0.1, -0.05) is 6.07 Å². The summed E-state index contributed by atoms with van der Waals surface area (Å²) in [5, 5.41) is 1.83. The number of hydrogen-bond donors (Lipinski definition) is 1. The Balaban J connectivity index is 1.96. The number of pyridine rings is 1. The maximum Gasteiger partial charge on any atom is 0.416 e. The third kappa shape index (κ3) is 3.15. The van der Waals surface area contributed by atoms with Gasteiger partial charge in [0.1, 0.15) is 5.82 Å². The van der Waals surface area contributed by atoms with E-state index < -0.39 is 29.0 Å². The average molecular weight is 436 g/mol. The van der Waals surface area contributed by atoms with Crippen molar-refractivity contribution in [1.29, 1.82) is 0 Å². The van der Waals surface area contributed by atoms with Crippen molar-refractivity contribution >= 4 is 29.2 Å². The highest BCUT2D eigenvalue weighted by molar-refractivity contribution is 8.02. The molecule has 0 aliphatic carbocycles. The third-order valence-electron chi connectivity index (χ3n) is 5.14. The normalized spacial score (nSPS) is 21.8. The zero-order valence-corrected chi connectivity index (χ0v) is 16.5. The van der Waals surface area contributed by atoms with Crippen LogP contribution in [0.1, 0.15) is 28.8 Å². The molecule has 1 amide bonds. The Morgan fingerprint density at radius 3 is 2.60 bits per heavy atom. The van der Waals surface area contributed by atoms with E-state index in [1.54, 1.807) is 0 Å². The molecule has 0 radical (unpaired) electrons. The smallest absolute Gasteiger partial charge is 0.369 e. The number of aliphatic imine (C=N–C) groups is 1. The van der Waals surface area contributed by atoms with Crippen LogP contribution in [0.25, 0.3) is 5.57 Å². The summed E-state index contributed by atoms with van der Waals surface area (Å²) in [6.45, 7) is 0. The quantitative estimate of drug-likeness (QED) is 0.744. The minimum atomic E-state index is -4.64. The molecule has 0 saturated carbocycles. The van der Waals surface area contributed by atoms with Crippen LogP contribution < -0.4 is 5.73 Å². The van der Waals surface area contributed by atoms with E-state index in [1.807, 2.05) is 5.41 Å². The maximum atomic E-state index is 14.5. The van der Waals surface area contributed by atoms with Crippen LogP contribution in [0.2, 0.25) is 0 Å². The molecule has 1 unspecified atom stereocenters. The van der Waals surface area contributed by atoms with Gasteiger partial charge in [-0.05, 0) is 47.2 Å². The van der Waals surface area contributed by atoms with Crippen LogP contribution in [0.5, 0.6) is 0 Å². The summed E-state index contributed by atoms with van der Waals surface area (Å²) in [6, 6.07) is 5.55. The van der Waals surface area contributed by atoms with E-state index in [1.165, 1.54) is 37.0 Å². The Hall–Kier alpha value is -2.88. The number of alkyl halides is 3. The van der Waals surface area contributed by atoms with Gasteiger partial charge in [0.25, 0.3) is 5.91 Å². The molecule has 2 aliphatic rings. The van der Waals surface area contributed by atoms with Crippen LogP contribution in [0.15, 0.2) is 46.9 Å². The number of allylic oxidation sites excluding steroid dienone is 1. The Morgan fingerprint density at radius 2 is 2.00 bits per heavy atom. The van der Waals surface area contributed by atoms with Gasteiger partial charge in [-0.15, -0.1) is 11.8 Å². The van der Waals surface area contributed by atoms with Gasteiger partial charge in [0.2, 0.25) is 5.54 Å². The number of hydrogen-bond acceptors (Lipinski definition) is 5. The van der Waals surface area contributed by atoms with Crippen LogP contribution in [0.3, 0.4) is 0 Å². The van der Waals surface area contributed by atoms with Crippen molar-refractivity contribution in [2.75, 3.05) is 12.8 Å². The molecule has 0 bridgehead atoms. The Kier molecular flexibility index (Phi) is 4.84. The van der Waals surface area contributed by atoms with E-state index in [0.29, 0.717) is 6.42 Å². The third-order valence-corrected chi connectivity index (χ3v) is 6.03. The van der Waals surface area contributed by atoms with Gasteiger partial charge >= 0.3 is 6.18 Å². The molecule has 3 heterocycles. The summed E-state index contributed by atoms with van der Waals surface area (Å²) >= 11 is 1.54. The molecule has 2 aromatic rings. The SMILES string of the molecule is CN1C(=O)C(c2ccc(F)c(C3=CSCC3)c2)(c2cc(C(F)(F)F)ccn2)N=C1N. The number of carbonyl (C=O) groups is 1. The predicted molar refractivity (Wildman–Crippen MR) is 106 cm³/mol. The number of guanidine groups is 1. The Bertz CT molecular complexity index is 1100. The Morgan fingerprint density at radius 1 is 1.23 bits per heavy atom. The number of nitrogens with two attached hydrogens (primary N) is 1. The lowest BCUT2D eigenvalue weighted by atomic mass is 9.84. The van der Waals surface area contributed by atoms with Crippen LogP contribution in [0.4, 0.5) is 17.6 Å². The fourth-order valence-electron chi connectivity index (χ4n) is 3.53. The number of carbonyl (C=O) groups excluding carboxylic acids is 1. The highest BCUT2D eigenvalue weighted by Crippen LogP contribution is 2.42. The van der Waals surface area contributed by atoms with E-state index in [2.05, 4.69) is 9.98 Å². The summed E-state index contributed by atoms with van der Waals surface area (Å²) in [6.07, 6.45) is -3.03. The number of halogens is 4. The van der Waals surface area contributed by atoms with E-state index >= 15 is 0 Å². The number of amides is 1. The number of thioether (sulfide) groups is 1. The molecular weight excluding hydrogens is 420 g/mol. The molecule has 1 aromatic carbocycles. The number of likely N-dealkylation sites (N-methyl/N-ethyl adjacent to an activating group) is 1. The topological polar surface area (TPSA) is 71.6 Å². The minimum absolute atomic E-state index is 0.166. The molecule has 4 rings (SSSR count). The first-order valence-corrected chi connectivity index (χ1v) is 9.97. The van der Waals surface area contributed by atoms with Gasteiger partial charge in [-0.2, -0.15) is 13.2 Å². The summed E-state index contributed by atoms with van der Waals surface area (Å²) in [4.78, 5) is 22.5. The van der Waals surface area contributed by atoms with Gasteiger partial charge in [0, 0.05) is 24.6 Å². The van der Waals surface area contributed by atoms with Crippen LogP contribution >= 0.6 is 11.8 Å². The van der Waals surface area contributed by atoms with Gasteiger partial charge in [0.05, 0.1) is 11.3 Å². The van der Waals surface area contributed by atoms with E-state index in [0.717, 1.165) is 34.6 Å². The Labute approximate surface area is 173 Å². The molecule has 0 spiro atoms. The van der Waals surface area contributed by atoms with Gasteiger partial charge in [0.15, 0.2) is 5.96 Å². The predicted octanol–water partition coefficient (Wildman–Crippen LogP) is 3.75. The van der Waals surface area contributed by atoms with Gasteiger partial charge in [-0.25, -0.2) is 9.38 Å². The van der Waals surface area contributed by atoms with Crippen LogP contribution in [-0.4, -0.2) is 34.6 Å². The van der Waals surface area contributed by atoms with Crippen molar-refractivity contribution < 1.29 is 22.4 Å². The van der Waals surface area contributed by atoms with Crippen molar-refractivity contribution in [1.82, 2.24) is 9.88 Å². The van der Waals surface area contributed by atoms with Crippen LogP contribution in [0, 0.1) is 5.82 Å². The van der Waals surface area contributed by atoms with Crippen molar-refractivity contribution in [3.05, 3.63) is 70.1 Å². The molecule has 30 heavy (non-hydrogen) atoms. The number of aromatic nitrogens is 1. The van der Waals surface area contributed by atoms with E-state index in [-0.39, 0.29) is 22.8 Å². The lowest BCUT2D eigenvalue weighted by Gasteiger charge is -2.26. The van der Waals surface area contributed by atoms with E-state index in [4.69, 9.17) is 5.73 Å². The number of rotatable bonds is 3. The minimum Gasteiger partial charge on any atom is -0.369 e. The van der Waals surface area contributed by atoms with Crippen LogP contribution in [-0.2, 0) is 16.5 Å². The highest BCUT2D eigenvalue weighted by Gasteiger charge is 2.51. The van der Waals surface area contributed by atoms with Gasteiger partial charge in [-0.3, -0.25) is 14.7 Å². The summed E-state index contributed by atoms with van der Waals surface area (Å²) < 4.78 is 54.5. The summed E-state index contributed by atoms with van der Waals surface area (Å²) in [5.41, 5.74) is 3.93. The first kappa shape index (κ1) is 20.4. The highest BCUT2D eigenvalue weighted by atomic mass is 32.2. The van der Waals surface area contributed by atoms with Crippen molar-refractivity contribution in [3.63, 3.8) is 0 Å². The molecule has 10 heteroatoms. The zero-order chi connectivity index (χ0) is 21.7. The van der Waals surface area contributed by atoms with Crippen molar-refractivity contribution in [3.8, 4) is 0 Å². The monoisotopic (exact) mass is 436 g/mol. The lowest BCUT2D eigenvalue weighted by Crippen LogP contribution is -2.41. The van der Waals surface area contributed by atoms with Gasteiger partial charge < -0.3 is 5.73 Å². The molecule has 2 N–H and O–H groups in total. The molecule has 5 nitrogen and oxygen atoms in total. The van der Waals surface area contributed by atoms with Crippen molar-refractivity contribution in [2.45, 2.75) is 18.1 Å². The fourth-order valence-corrected chi connectivity index (χ4v) is 4.43. The molecule has 1 atom stereocenters. The average Bonchev–Trinajstić information content (AvgIpc) is 3.32. The first-order chi connectivity index (χ1) is 14.1. The number of nitrogens with zero attached hydrogens (tertiary/aromatic N) is 3. The standard InChI is InChI=1S/C20H16F4N4OS/c1-28-17(29)19(27-18(28)25,16-9-13(4-6-26-16)20(22,23)24)12-2-3-15(21)14(8-12)11-5-7-30-10-11/h2-4,6,8-10H,5,7H2,1H3,(H2,25,27). The molecule has 0 saturated heterocycles. The second-order valence-corrected chi connectivity index (χ2v) is 7.91. The molecule has 1 aromatic heterocycles. The second kappa shape index (κ2) is 7.12. The number of benzene rings is 1. The molecule has 0 fully saturated rings. The van der Waals surface area contributed by atoms with Crippen molar-refractivity contribution in [2.24, 2.45) is 10.7 Å². The zero-order valence-electron chi connectivity index (χ0n) is 15.7. The van der Waals surface area contributed by atoms with E-state index in [9.17, 15) is 22.4 Å². The molecular formula is C20H16F4N4OS. The largest absolute Gasteiger partial charge is 0.416 e. The molecule has 156 valence electrons. The molecule has 2 aliphatic heterocycles.